The lowest BCUT2D eigenvalue weighted by molar-refractivity contribution is 0.0847. The van der Waals surface area contributed by atoms with Crippen molar-refractivity contribution in [1.29, 1.82) is 0 Å². The topological polar surface area (TPSA) is 67.4 Å². The third-order valence-corrected chi connectivity index (χ3v) is 4.75. The van der Waals surface area contributed by atoms with Crippen LogP contribution in [-0.4, -0.2) is 18.4 Å². The normalized spacial score (nSPS) is 10.2. The van der Waals surface area contributed by atoms with Crippen molar-refractivity contribution in [3.8, 4) is 16.2 Å². The summed E-state index contributed by atoms with van der Waals surface area (Å²) in [5.41, 5.74) is 6.35. The van der Waals surface area contributed by atoms with E-state index < -0.39 is 5.91 Å². The van der Waals surface area contributed by atoms with Crippen LogP contribution in [0.5, 0.6) is 5.75 Å². The van der Waals surface area contributed by atoms with E-state index in [0.29, 0.717) is 22.8 Å². The van der Waals surface area contributed by atoms with Gasteiger partial charge in [0.05, 0.1) is 6.61 Å². The van der Waals surface area contributed by atoms with Crippen LogP contribution >= 0.6 is 11.3 Å². The van der Waals surface area contributed by atoms with Crippen LogP contribution in [0, 0.1) is 0 Å². The first-order chi connectivity index (χ1) is 12.7. The van der Waals surface area contributed by atoms with Gasteiger partial charge in [0.1, 0.15) is 10.6 Å². The van der Waals surface area contributed by atoms with E-state index in [2.05, 4.69) is 10.9 Å². The quantitative estimate of drug-likeness (QED) is 0.673. The van der Waals surface area contributed by atoms with Crippen LogP contribution in [0.3, 0.4) is 0 Å². The highest BCUT2D eigenvalue weighted by Crippen LogP contribution is 2.36. The average molecular weight is 366 g/mol. The molecule has 0 unspecified atom stereocenters. The second kappa shape index (κ2) is 8.31. The molecule has 0 atom stereocenters. The van der Waals surface area contributed by atoms with Crippen molar-refractivity contribution < 1.29 is 14.3 Å². The molecule has 5 nitrogen and oxygen atoms in total. The number of ether oxygens (including phenoxy) is 1. The number of hydrogen-bond donors (Lipinski definition) is 2. The van der Waals surface area contributed by atoms with E-state index in [1.807, 2.05) is 49.4 Å². The van der Waals surface area contributed by atoms with E-state index in [9.17, 15) is 9.59 Å². The number of carbonyl (C=O) groups is 2. The number of carbonyl (C=O) groups excluding carboxylic acids is 2. The van der Waals surface area contributed by atoms with E-state index in [-0.39, 0.29) is 5.91 Å². The minimum Gasteiger partial charge on any atom is -0.492 e. The number of thiophene rings is 1. The van der Waals surface area contributed by atoms with Crippen LogP contribution in [-0.2, 0) is 0 Å². The predicted molar refractivity (Wildman–Crippen MR) is 102 cm³/mol. The first kappa shape index (κ1) is 17.7. The fraction of sp³-hybridized carbons (Fsp3) is 0.100. The predicted octanol–water partition coefficient (Wildman–Crippen LogP) is 3.89. The van der Waals surface area contributed by atoms with Gasteiger partial charge in [0.2, 0.25) is 0 Å². The summed E-state index contributed by atoms with van der Waals surface area (Å²) < 4.78 is 5.59. The van der Waals surface area contributed by atoms with Crippen molar-refractivity contribution in [2.45, 2.75) is 6.92 Å². The largest absolute Gasteiger partial charge is 0.492 e. The molecule has 0 aliphatic rings. The van der Waals surface area contributed by atoms with Crippen LogP contribution in [0.15, 0.2) is 66.7 Å². The Hall–Kier alpha value is -3.12. The number of amides is 2. The molecule has 26 heavy (non-hydrogen) atoms. The van der Waals surface area contributed by atoms with Gasteiger partial charge in [-0.1, -0.05) is 48.5 Å². The third kappa shape index (κ3) is 4.10. The zero-order valence-corrected chi connectivity index (χ0v) is 15.0. The van der Waals surface area contributed by atoms with Gasteiger partial charge in [0.25, 0.3) is 11.8 Å². The minimum atomic E-state index is -0.412. The summed E-state index contributed by atoms with van der Waals surface area (Å²) in [6.07, 6.45) is 0. The summed E-state index contributed by atoms with van der Waals surface area (Å²) in [6.45, 7) is 2.31. The summed E-state index contributed by atoms with van der Waals surface area (Å²) in [5, 5.41) is 0. The first-order valence-corrected chi connectivity index (χ1v) is 8.98. The van der Waals surface area contributed by atoms with Crippen molar-refractivity contribution in [3.63, 3.8) is 0 Å². The maximum atomic E-state index is 12.5. The standard InChI is InChI=1S/C20H18N2O3S/c1-2-25-16-13-17(14-9-5-3-6-10-14)26-18(16)20(24)22-21-19(23)15-11-7-4-8-12-15/h3-13H,2H2,1H3,(H,21,23)(H,22,24). The number of benzene rings is 2. The maximum absolute atomic E-state index is 12.5. The van der Waals surface area contributed by atoms with Gasteiger partial charge in [-0.3, -0.25) is 20.4 Å². The number of nitrogens with one attached hydrogen (secondary N) is 2. The van der Waals surface area contributed by atoms with E-state index in [4.69, 9.17) is 4.74 Å². The van der Waals surface area contributed by atoms with Gasteiger partial charge >= 0.3 is 0 Å². The van der Waals surface area contributed by atoms with Crippen LogP contribution in [0.25, 0.3) is 10.4 Å². The summed E-state index contributed by atoms with van der Waals surface area (Å²) in [5.74, 6) is -0.288. The number of rotatable bonds is 5. The monoisotopic (exact) mass is 366 g/mol. The van der Waals surface area contributed by atoms with Crippen LogP contribution < -0.4 is 15.6 Å². The molecule has 1 aromatic heterocycles. The van der Waals surface area contributed by atoms with Crippen LogP contribution in [0.1, 0.15) is 27.0 Å². The molecular formula is C20H18N2O3S. The second-order valence-corrected chi connectivity index (χ2v) is 6.43. The molecule has 6 heteroatoms. The highest BCUT2D eigenvalue weighted by molar-refractivity contribution is 7.17. The lowest BCUT2D eigenvalue weighted by atomic mass is 10.2. The molecule has 2 N–H and O–H groups in total. The smallest absolute Gasteiger partial charge is 0.283 e. The Balaban J connectivity index is 1.75. The fourth-order valence-electron chi connectivity index (χ4n) is 2.37. The number of hydrazine groups is 1. The molecule has 0 radical (unpaired) electrons. The highest BCUT2D eigenvalue weighted by Gasteiger charge is 2.19. The zero-order chi connectivity index (χ0) is 18.4. The molecule has 2 amide bonds. The molecule has 0 spiro atoms. The van der Waals surface area contributed by atoms with Gasteiger partial charge in [-0.2, -0.15) is 0 Å². The van der Waals surface area contributed by atoms with Gasteiger partial charge < -0.3 is 4.74 Å². The Morgan fingerprint density at radius 3 is 2.19 bits per heavy atom. The lowest BCUT2D eigenvalue weighted by Gasteiger charge is -2.08. The highest BCUT2D eigenvalue weighted by atomic mass is 32.1. The molecule has 2 aromatic carbocycles. The molecule has 132 valence electrons. The van der Waals surface area contributed by atoms with E-state index in [1.54, 1.807) is 24.3 Å². The first-order valence-electron chi connectivity index (χ1n) is 8.17. The Morgan fingerprint density at radius 2 is 1.54 bits per heavy atom. The number of hydrogen-bond acceptors (Lipinski definition) is 4. The third-order valence-electron chi connectivity index (χ3n) is 3.59. The van der Waals surface area contributed by atoms with E-state index in [1.165, 1.54) is 11.3 Å². The van der Waals surface area contributed by atoms with Crippen molar-refractivity contribution in [3.05, 3.63) is 77.2 Å². The second-order valence-electron chi connectivity index (χ2n) is 5.38. The van der Waals surface area contributed by atoms with Crippen molar-refractivity contribution >= 4 is 23.2 Å². The fourth-order valence-corrected chi connectivity index (χ4v) is 3.37. The summed E-state index contributed by atoms with van der Waals surface area (Å²) >= 11 is 1.32. The molecule has 0 bridgehead atoms. The average Bonchev–Trinajstić information content (AvgIpc) is 3.11. The van der Waals surface area contributed by atoms with Gasteiger partial charge in [0.15, 0.2) is 0 Å². The lowest BCUT2D eigenvalue weighted by Crippen LogP contribution is -2.41. The molecule has 0 aliphatic carbocycles. The minimum absolute atomic E-state index is 0.378. The van der Waals surface area contributed by atoms with Crippen molar-refractivity contribution in [2.75, 3.05) is 6.61 Å². The van der Waals surface area contributed by atoms with Gasteiger partial charge in [-0.05, 0) is 30.7 Å². The van der Waals surface area contributed by atoms with Gasteiger partial charge in [-0.15, -0.1) is 11.3 Å². The maximum Gasteiger partial charge on any atom is 0.283 e. The van der Waals surface area contributed by atoms with Crippen LogP contribution in [0.2, 0.25) is 0 Å². The van der Waals surface area contributed by atoms with Gasteiger partial charge in [-0.25, -0.2) is 0 Å². The van der Waals surface area contributed by atoms with Gasteiger partial charge in [0, 0.05) is 10.4 Å². The Labute approximate surface area is 155 Å². The molecule has 0 fully saturated rings. The summed E-state index contributed by atoms with van der Waals surface area (Å²) in [4.78, 5) is 25.9. The zero-order valence-electron chi connectivity index (χ0n) is 14.2. The Bertz CT molecular complexity index is 892. The van der Waals surface area contributed by atoms with Crippen molar-refractivity contribution in [2.24, 2.45) is 0 Å². The SMILES string of the molecule is CCOc1cc(-c2ccccc2)sc1C(=O)NNC(=O)c1ccccc1. The Morgan fingerprint density at radius 1 is 0.923 bits per heavy atom. The summed E-state index contributed by atoms with van der Waals surface area (Å²) in [7, 11) is 0. The molecule has 1 heterocycles. The molecule has 0 saturated carbocycles. The van der Waals surface area contributed by atoms with Crippen molar-refractivity contribution in [1.82, 2.24) is 10.9 Å². The molecule has 3 rings (SSSR count). The molecule has 0 saturated heterocycles. The molecule has 0 aliphatic heterocycles. The van der Waals surface area contributed by atoms with E-state index >= 15 is 0 Å². The van der Waals surface area contributed by atoms with E-state index in [0.717, 1.165) is 10.4 Å². The Kier molecular flexibility index (Phi) is 5.66. The summed E-state index contributed by atoms with van der Waals surface area (Å²) in [6, 6.07) is 20.3. The van der Waals surface area contributed by atoms with Crippen LogP contribution in [0.4, 0.5) is 0 Å². The molecular weight excluding hydrogens is 348 g/mol. The molecule has 3 aromatic rings.